The summed E-state index contributed by atoms with van der Waals surface area (Å²) in [6.45, 7) is 1.53. The topological polar surface area (TPSA) is 133 Å². The predicted octanol–water partition coefficient (Wildman–Crippen LogP) is 3.93. The van der Waals surface area contributed by atoms with Crippen LogP contribution in [0.4, 0.5) is 0 Å². The van der Waals surface area contributed by atoms with Gasteiger partial charge in [-0.2, -0.15) is 0 Å². The van der Waals surface area contributed by atoms with Crippen LogP contribution in [0.1, 0.15) is 36.0 Å². The maximum atomic E-state index is 13.7. The van der Waals surface area contributed by atoms with Gasteiger partial charge in [-0.1, -0.05) is 0 Å². The fourth-order valence-corrected chi connectivity index (χ4v) is 7.25. The minimum absolute atomic E-state index is 0.0153. The molecule has 3 fully saturated rings. The third-order valence-corrected chi connectivity index (χ3v) is 9.81. The lowest BCUT2D eigenvalue weighted by atomic mass is 10.1. The Bertz CT molecular complexity index is 2020. The number of H-pyrrole nitrogens is 1. The summed E-state index contributed by atoms with van der Waals surface area (Å²) in [7, 11) is 5.09. The zero-order valence-electron chi connectivity index (χ0n) is 25.0. The molecule has 8 rings (SSSR count). The Balaban J connectivity index is 1.24. The first-order valence-electron chi connectivity index (χ1n) is 15.2. The Morgan fingerprint density at radius 2 is 1.86 bits per heavy atom. The van der Waals surface area contributed by atoms with Crippen LogP contribution in [0, 0.1) is 11.8 Å². The van der Waals surface area contributed by atoms with E-state index < -0.39 is 0 Å². The fourth-order valence-electron chi connectivity index (χ4n) is 7.25. The number of ether oxygens (including phenoxy) is 2. The number of aromatic amines is 1. The van der Waals surface area contributed by atoms with Crippen LogP contribution in [0.2, 0.25) is 0 Å². The number of benzene rings is 1. The number of carbonyl (C=O) groups is 1. The highest BCUT2D eigenvalue weighted by molar-refractivity contribution is 6.00. The zero-order chi connectivity index (χ0) is 30.3. The van der Waals surface area contributed by atoms with Gasteiger partial charge in [-0.05, 0) is 73.9 Å². The number of amides is 1. The molecule has 3 aliphatic rings. The van der Waals surface area contributed by atoms with Gasteiger partial charge in [0, 0.05) is 54.9 Å². The number of pyridine rings is 2. The van der Waals surface area contributed by atoms with E-state index in [0.29, 0.717) is 35.2 Å². The molecule has 11 heteroatoms. The molecule has 11 nitrogen and oxygen atoms in total. The van der Waals surface area contributed by atoms with Crippen molar-refractivity contribution in [1.29, 1.82) is 0 Å². The lowest BCUT2D eigenvalue weighted by molar-refractivity contribution is 0.0700. The van der Waals surface area contributed by atoms with E-state index in [2.05, 4.69) is 21.7 Å². The number of carbonyl (C=O) groups excluding carboxylic acids is 1. The second-order valence-corrected chi connectivity index (χ2v) is 12.5. The molecule has 1 saturated heterocycles. The first-order valence-corrected chi connectivity index (χ1v) is 15.2. The summed E-state index contributed by atoms with van der Waals surface area (Å²) in [5.74, 6) is 2.57. The van der Waals surface area contributed by atoms with E-state index >= 15 is 0 Å². The van der Waals surface area contributed by atoms with Crippen LogP contribution in [0.5, 0.6) is 11.5 Å². The highest BCUT2D eigenvalue weighted by Crippen LogP contribution is 2.40. The number of imidazole rings is 1. The summed E-state index contributed by atoms with van der Waals surface area (Å²) >= 11 is 0. The minimum Gasteiger partial charge on any atom is -0.494 e. The molecule has 2 saturated carbocycles. The van der Waals surface area contributed by atoms with Crippen molar-refractivity contribution in [2.24, 2.45) is 24.6 Å². The standard InChI is InChI=1S/C33H35N7O4/c1-38-29-23(10-20(12-26(29)43-2)33(42)40-16-19-7-9-24(40)28(19)34)37-31(38)25-11-18-6-8-22(21-13-27(44-3)32(41)35-14-21)36-30(18)39(25)15-17-4-5-17/h6,8,10-14,17,19,24,28H,4-5,7,9,15-16,34H2,1-3H3,(H,35,41)/t19?,24?,28-/m1/s1. The molecule has 4 aromatic heterocycles. The number of rotatable bonds is 7. The fraction of sp³-hybridized carbons (Fsp3) is 0.394. The second kappa shape index (κ2) is 9.95. The Morgan fingerprint density at radius 3 is 2.57 bits per heavy atom. The van der Waals surface area contributed by atoms with Crippen LogP contribution in [0.3, 0.4) is 0 Å². The van der Waals surface area contributed by atoms with Crippen LogP contribution >= 0.6 is 0 Å². The average Bonchev–Trinajstić information content (AvgIpc) is 3.44. The minimum atomic E-state index is -0.282. The Kier molecular flexibility index (Phi) is 6.09. The Labute approximate surface area is 253 Å². The molecule has 1 amide bonds. The van der Waals surface area contributed by atoms with E-state index in [1.165, 1.54) is 20.0 Å². The quantitative estimate of drug-likeness (QED) is 0.292. The van der Waals surface area contributed by atoms with Crippen molar-refractivity contribution in [3.8, 4) is 34.3 Å². The molecule has 44 heavy (non-hydrogen) atoms. The number of likely N-dealkylation sites (tertiary alicyclic amines) is 1. The normalized spacial score (nSPS) is 21.1. The summed E-state index contributed by atoms with van der Waals surface area (Å²) in [5, 5.41) is 0.996. The van der Waals surface area contributed by atoms with Gasteiger partial charge < -0.3 is 34.2 Å². The number of piperidine rings is 1. The number of nitrogens with zero attached hydrogens (tertiary/aromatic N) is 5. The molecular weight excluding hydrogens is 558 g/mol. The smallest absolute Gasteiger partial charge is 0.290 e. The van der Waals surface area contributed by atoms with Gasteiger partial charge in [-0.15, -0.1) is 0 Å². The van der Waals surface area contributed by atoms with Gasteiger partial charge >= 0.3 is 0 Å². The largest absolute Gasteiger partial charge is 0.494 e. The summed E-state index contributed by atoms with van der Waals surface area (Å²) in [6.07, 6.45) is 6.07. The van der Waals surface area contributed by atoms with Gasteiger partial charge in [0.15, 0.2) is 11.6 Å². The van der Waals surface area contributed by atoms with Crippen molar-refractivity contribution in [1.82, 2.24) is 29.0 Å². The van der Waals surface area contributed by atoms with E-state index in [0.717, 1.165) is 58.7 Å². The van der Waals surface area contributed by atoms with Crippen LogP contribution in [0.15, 0.2) is 47.4 Å². The van der Waals surface area contributed by atoms with E-state index in [1.807, 2.05) is 34.7 Å². The van der Waals surface area contributed by atoms with E-state index in [1.54, 1.807) is 19.4 Å². The first kappa shape index (κ1) is 26.9. The Hall–Kier alpha value is -4.64. The summed E-state index contributed by atoms with van der Waals surface area (Å²) in [4.78, 5) is 40.6. The number of aromatic nitrogens is 5. The SMILES string of the molecule is COc1cc(-c2ccc3cc(-c4nc5cc(C(=O)N6CC7CCC6[C@@H]7N)cc(OC)c5n4C)n(CC4CC4)c3n2)c[nH]c1=O. The van der Waals surface area contributed by atoms with E-state index in [9.17, 15) is 9.59 Å². The third kappa shape index (κ3) is 4.13. The van der Waals surface area contributed by atoms with Crippen molar-refractivity contribution < 1.29 is 14.3 Å². The first-order chi connectivity index (χ1) is 21.3. The molecule has 1 aromatic carbocycles. The van der Waals surface area contributed by atoms with Crippen LogP contribution < -0.4 is 20.8 Å². The molecule has 0 spiro atoms. The number of aryl methyl sites for hydroxylation is 1. The number of nitrogens with one attached hydrogen (secondary N) is 1. The molecule has 5 heterocycles. The molecule has 2 bridgehead atoms. The van der Waals surface area contributed by atoms with Crippen LogP contribution in [-0.2, 0) is 13.6 Å². The molecule has 3 atom stereocenters. The average molecular weight is 594 g/mol. The van der Waals surface area contributed by atoms with Gasteiger partial charge in [0.2, 0.25) is 0 Å². The highest BCUT2D eigenvalue weighted by Gasteiger charge is 2.47. The predicted molar refractivity (Wildman–Crippen MR) is 167 cm³/mol. The van der Waals surface area contributed by atoms with Crippen LogP contribution in [0.25, 0.3) is 44.8 Å². The van der Waals surface area contributed by atoms with Crippen molar-refractivity contribution in [3.05, 3.63) is 58.5 Å². The molecule has 2 unspecified atom stereocenters. The van der Waals surface area contributed by atoms with Crippen molar-refractivity contribution in [2.45, 2.75) is 44.3 Å². The molecule has 2 aliphatic carbocycles. The number of hydrogen-bond donors (Lipinski definition) is 2. The molecule has 3 N–H and O–H groups in total. The van der Waals surface area contributed by atoms with E-state index in [4.69, 9.17) is 25.2 Å². The third-order valence-electron chi connectivity index (χ3n) is 9.81. The number of nitrogens with two attached hydrogens (primary N) is 1. The molecule has 0 radical (unpaired) electrons. The second-order valence-electron chi connectivity index (χ2n) is 12.5. The molecule has 226 valence electrons. The van der Waals surface area contributed by atoms with Gasteiger partial charge in [-0.25, -0.2) is 9.97 Å². The molecule has 1 aliphatic heterocycles. The van der Waals surface area contributed by atoms with Crippen molar-refractivity contribution in [3.63, 3.8) is 0 Å². The van der Waals surface area contributed by atoms with E-state index in [-0.39, 0.29) is 29.3 Å². The van der Waals surface area contributed by atoms with Crippen LogP contribution in [-0.4, -0.2) is 67.7 Å². The van der Waals surface area contributed by atoms with Gasteiger partial charge in [-0.3, -0.25) is 9.59 Å². The number of fused-ring (bicyclic) bond motifs is 4. The summed E-state index contributed by atoms with van der Waals surface area (Å²) in [5.41, 5.74) is 11.5. The van der Waals surface area contributed by atoms with Gasteiger partial charge in [0.1, 0.15) is 16.9 Å². The monoisotopic (exact) mass is 593 g/mol. The van der Waals surface area contributed by atoms with Gasteiger partial charge in [0.25, 0.3) is 11.5 Å². The summed E-state index contributed by atoms with van der Waals surface area (Å²) in [6, 6.07) is 11.7. The Morgan fingerprint density at radius 1 is 1.05 bits per heavy atom. The van der Waals surface area contributed by atoms with Crippen molar-refractivity contribution >= 4 is 28.0 Å². The molecule has 5 aromatic rings. The lowest BCUT2D eigenvalue weighted by Gasteiger charge is -2.27. The number of methoxy groups -OCH3 is 2. The highest BCUT2D eigenvalue weighted by atomic mass is 16.5. The lowest BCUT2D eigenvalue weighted by Crippen LogP contribution is -2.41. The number of hydrogen-bond acceptors (Lipinski definition) is 7. The maximum absolute atomic E-state index is 13.7. The zero-order valence-corrected chi connectivity index (χ0v) is 25.0. The van der Waals surface area contributed by atoms with Crippen molar-refractivity contribution in [2.75, 3.05) is 20.8 Å². The summed E-state index contributed by atoms with van der Waals surface area (Å²) < 4.78 is 15.4. The van der Waals surface area contributed by atoms with Gasteiger partial charge in [0.05, 0.1) is 31.1 Å². The maximum Gasteiger partial charge on any atom is 0.290 e. The molecular formula is C33H35N7O4.